The first-order chi connectivity index (χ1) is 13.5. The Bertz CT molecular complexity index is 1180. The van der Waals surface area contributed by atoms with Crippen molar-refractivity contribution < 1.29 is 14.1 Å². The van der Waals surface area contributed by atoms with Gasteiger partial charge in [0.1, 0.15) is 10.8 Å². The summed E-state index contributed by atoms with van der Waals surface area (Å²) in [4.78, 5) is 28.6. The first kappa shape index (κ1) is 17.9. The van der Waals surface area contributed by atoms with Crippen LogP contribution in [0.4, 0.5) is 11.5 Å². The van der Waals surface area contributed by atoms with Gasteiger partial charge in [0.05, 0.1) is 10.2 Å². The second kappa shape index (κ2) is 7.24. The number of aryl methyl sites for hydroxylation is 2. The van der Waals surface area contributed by atoms with Crippen LogP contribution >= 0.6 is 11.3 Å². The van der Waals surface area contributed by atoms with Crippen LogP contribution in [0.5, 0.6) is 0 Å². The predicted octanol–water partition coefficient (Wildman–Crippen LogP) is 4.15. The second-order valence-corrected chi connectivity index (χ2v) is 7.33. The van der Waals surface area contributed by atoms with Gasteiger partial charge < -0.3 is 9.84 Å². The molecule has 2 N–H and O–H groups in total. The molecule has 0 saturated heterocycles. The summed E-state index contributed by atoms with van der Waals surface area (Å²) in [6.45, 7) is 3.74. The van der Waals surface area contributed by atoms with E-state index in [0.29, 0.717) is 11.4 Å². The van der Waals surface area contributed by atoms with E-state index in [0.717, 1.165) is 20.8 Å². The van der Waals surface area contributed by atoms with Gasteiger partial charge in [-0.25, -0.2) is 4.98 Å². The van der Waals surface area contributed by atoms with E-state index in [2.05, 4.69) is 33.8 Å². The van der Waals surface area contributed by atoms with Crippen LogP contribution in [0.15, 0.2) is 53.1 Å². The Kier molecular flexibility index (Phi) is 4.62. The molecule has 0 aliphatic rings. The van der Waals surface area contributed by atoms with E-state index < -0.39 is 11.8 Å². The van der Waals surface area contributed by atoms with Gasteiger partial charge in [-0.15, -0.1) is 11.3 Å². The van der Waals surface area contributed by atoms with E-state index in [1.807, 2.05) is 24.3 Å². The normalized spacial score (nSPS) is 10.8. The molecule has 4 aromatic rings. The van der Waals surface area contributed by atoms with Crippen molar-refractivity contribution in [2.24, 2.45) is 0 Å². The lowest BCUT2D eigenvalue weighted by molar-refractivity contribution is -0.133. The van der Waals surface area contributed by atoms with Gasteiger partial charge >= 0.3 is 11.8 Å². The first-order valence-electron chi connectivity index (χ1n) is 8.51. The Labute approximate surface area is 164 Å². The summed E-state index contributed by atoms with van der Waals surface area (Å²) >= 11 is 1.61. The minimum Gasteiger partial charge on any atom is -0.360 e. The average Bonchev–Trinajstić information content (AvgIpc) is 3.27. The molecule has 0 unspecified atom stereocenters. The first-order valence-corrected chi connectivity index (χ1v) is 9.33. The molecule has 2 amide bonds. The predicted molar refractivity (Wildman–Crippen MR) is 108 cm³/mol. The van der Waals surface area contributed by atoms with Crippen molar-refractivity contribution in [2.45, 2.75) is 13.8 Å². The summed E-state index contributed by atoms with van der Waals surface area (Å²) < 4.78 is 5.98. The number of benzene rings is 2. The molecule has 0 atom stereocenters. The number of nitrogens with one attached hydrogen (secondary N) is 2. The molecule has 4 rings (SSSR count). The molecular weight excluding hydrogens is 376 g/mol. The summed E-state index contributed by atoms with van der Waals surface area (Å²) in [5.74, 6) is -0.877. The van der Waals surface area contributed by atoms with Gasteiger partial charge in [-0.1, -0.05) is 11.2 Å². The van der Waals surface area contributed by atoms with E-state index in [4.69, 9.17) is 4.52 Å². The molecular formula is C20H16N4O3S. The Morgan fingerprint density at radius 3 is 2.43 bits per heavy atom. The number of thiazole rings is 1. The van der Waals surface area contributed by atoms with Crippen LogP contribution in [0.2, 0.25) is 0 Å². The molecule has 2 aromatic carbocycles. The second-order valence-electron chi connectivity index (χ2n) is 6.30. The highest BCUT2D eigenvalue weighted by Crippen LogP contribution is 2.31. The molecule has 0 aliphatic heterocycles. The van der Waals surface area contributed by atoms with Crippen LogP contribution < -0.4 is 10.6 Å². The van der Waals surface area contributed by atoms with E-state index >= 15 is 0 Å². The summed E-state index contributed by atoms with van der Waals surface area (Å²) in [6.07, 6.45) is 0. The van der Waals surface area contributed by atoms with Crippen LogP contribution in [0.1, 0.15) is 11.3 Å². The highest BCUT2D eigenvalue weighted by Gasteiger charge is 2.16. The summed E-state index contributed by atoms with van der Waals surface area (Å²) in [6, 6.07) is 14.9. The zero-order valence-corrected chi connectivity index (χ0v) is 16.0. The lowest BCUT2D eigenvalue weighted by Gasteiger charge is -2.05. The van der Waals surface area contributed by atoms with Gasteiger partial charge in [0.2, 0.25) is 0 Å². The molecule has 7 nitrogen and oxygen atoms in total. The average molecular weight is 392 g/mol. The van der Waals surface area contributed by atoms with Crippen molar-refractivity contribution in [3.8, 4) is 10.6 Å². The third-order valence-electron chi connectivity index (χ3n) is 4.01. The number of nitrogens with zero attached hydrogens (tertiary/aromatic N) is 2. The topological polar surface area (TPSA) is 97.1 Å². The minimum absolute atomic E-state index is 0.194. The van der Waals surface area contributed by atoms with Gasteiger partial charge in [-0.3, -0.25) is 14.9 Å². The van der Waals surface area contributed by atoms with Crippen LogP contribution in [0, 0.1) is 13.8 Å². The number of carbonyl (C=O) groups excluding carboxylic acids is 2. The molecule has 0 saturated carbocycles. The van der Waals surface area contributed by atoms with E-state index in [1.165, 1.54) is 11.6 Å². The quantitative estimate of drug-likeness (QED) is 0.511. The van der Waals surface area contributed by atoms with Crippen molar-refractivity contribution >= 4 is 44.9 Å². The standard InChI is InChI=1S/C20H16N4O3S/c1-11-3-8-15-16(9-11)28-20(22-15)13-4-6-14(7-5-13)21-18(25)19(26)23-17-10-12(2)27-24-17/h3-10H,1-2H3,(H,21,25)(H,23,24,26). The van der Waals surface area contributed by atoms with E-state index in [1.54, 1.807) is 30.4 Å². The van der Waals surface area contributed by atoms with E-state index in [-0.39, 0.29) is 5.82 Å². The fourth-order valence-electron chi connectivity index (χ4n) is 2.64. The van der Waals surface area contributed by atoms with E-state index in [9.17, 15) is 9.59 Å². The number of carbonyl (C=O) groups is 2. The van der Waals surface area contributed by atoms with Crippen LogP contribution in [-0.4, -0.2) is 22.0 Å². The molecule has 2 heterocycles. The van der Waals surface area contributed by atoms with Gasteiger partial charge in [-0.2, -0.15) is 0 Å². The van der Waals surface area contributed by atoms with Crippen LogP contribution in [0.25, 0.3) is 20.8 Å². The van der Waals surface area contributed by atoms with Crippen molar-refractivity contribution in [3.63, 3.8) is 0 Å². The summed E-state index contributed by atoms with van der Waals surface area (Å²) in [7, 11) is 0. The number of amides is 2. The summed E-state index contributed by atoms with van der Waals surface area (Å²) in [5, 5.41) is 9.45. The third-order valence-corrected chi connectivity index (χ3v) is 5.08. The molecule has 0 bridgehead atoms. The zero-order chi connectivity index (χ0) is 19.7. The van der Waals surface area contributed by atoms with Crippen LogP contribution in [-0.2, 0) is 9.59 Å². The Morgan fingerprint density at radius 2 is 1.71 bits per heavy atom. The molecule has 2 aromatic heterocycles. The van der Waals surface area contributed by atoms with Gasteiger partial charge in [0, 0.05) is 17.3 Å². The summed E-state index contributed by atoms with van der Waals surface area (Å²) in [5.41, 5.74) is 3.61. The van der Waals surface area contributed by atoms with Gasteiger partial charge in [0.25, 0.3) is 0 Å². The van der Waals surface area contributed by atoms with Crippen molar-refractivity contribution in [2.75, 3.05) is 10.6 Å². The smallest absolute Gasteiger partial charge is 0.315 e. The maximum absolute atomic E-state index is 12.0. The van der Waals surface area contributed by atoms with Crippen molar-refractivity contribution in [1.82, 2.24) is 10.1 Å². The fraction of sp³-hybridized carbons (Fsp3) is 0.100. The lowest BCUT2D eigenvalue weighted by Crippen LogP contribution is -2.29. The number of aromatic nitrogens is 2. The number of fused-ring (bicyclic) bond motifs is 1. The SMILES string of the molecule is Cc1ccc2nc(-c3ccc(NC(=O)C(=O)Nc4cc(C)on4)cc3)sc2c1. The third kappa shape index (κ3) is 3.77. The molecule has 0 spiro atoms. The largest absolute Gasteiger partial charge is 0.360 e. The lowest BCUT2D eigenvalue weighted by atomic mass is 10.2. The van der Waals surface area contributed by atoms with Crippen LogP contribution in [0.3, 0.4) is 0 Å². The van der Waals surface area contributed by atoms with Crippen molar-refractivity contribution in [1.29, 1.82) is 0 Å². The van der Waals surface area contributed by atoms with Gasteiger partial charge in [0.15, 0.2) is 5.82 Å². The molecule has 0 aliphatic carbocycles. The molecule has 0 fully saturated rings. The number of rotatable bonds is 3. The highest BCUT2D eigenvalue weighted by atomic mass is 32.1. The van der Waals surface area contributed by atoms with Gasteiger partial charge in [-0.05, 0) is 55.8 Å². The molecule has 8 heteroatoms. The Balaban J connectivity index is 1.45. The number of hydrogen-bond acceptors (Lipinski definition) is 6. The number of hydrogen-bond donors (Lipinski definition) is 2. The maximum Gasteiger partial charge on any atom is 0.315 e. The number of anilines is 2. The minimum atomic E-state index is -0.820. The Hall–Kier alpha value is -3.52. The molecule has 0 radical (unpaired) electrons. The monoisotopic (exact) mass is 392 g/mol. The maximum atomic E-state index is 12.0. The highest BCUT2D eigenvalue weighted by molar-refractivity contribution is 7.21. The van der Waals surface area contributed by atoms with Crippen molar-refractivity contribution in [3.05, 3.63) is 59.9 Å². The zero-order valence-electron chi connectivity index (χ0n) is 15.1. The Morgan fingerprint density at radius 1 is 0.964 bits per heavy atom. The fourth-order valence-corrected chi connectivity index (χ4v) is 3.71. The molecule has 140 valence electrons. The molecule has 28 heavy (non-hydrogen) atoms.